The Morgan fingerprint density at radius 1 is 0.351 bits per heavy atom. The first-order chi connectivity index (χ1) is 38.2. The van der Waals surface area contributed by atoms with Crippen LogP contribution in [-0.4, -0.2) is 0 Å². The Morgan fingerprint density at radius 3 is 1.56 bits per heavy atom. The van der Waals surface area contributed by atoms with Gasteiger partial charge in [-0.1, -0.05) is 208 Å². The molecule has 0 amide bonds. The van der Waals surface area contributed by atoms with E-state index in [9.17, 15) is 0 Å². The maximum absolute atomic E-state index is 6.68. The van der Waals surface area contributed by atoms with Gasteiger partial charge in [-0.2, -0.15) is 0 Å². The van der Waals surface area contributed by atoms with E-state index >= 15 is 0 Å². The topological polar surface area (TPSA) is 16.4 Å². The van der Waals surface area contributed by atoms with E-state index < -0.39 is 5.41 Å². The SMILES string of the molecule is c1ccc2c(c1)-c1c(N(c3ccc(-c4ccc5cc(-c6ccc7ccccc7c6)ccc5c4)cc3)c3cccc4oc5ccccc5c34)cccc1C21c2cc(C3CCCCC3)ccc2-c2ccc(C3CCCCC3)cc21. The van der Waals surface area contributed by atoms with Crippen molar-refractivity contribution < 1.29 is 4.42 Å². The molecule has 0 radical (unpaired) electrons. The molecule has 0 bridgehead atoms. The molecule has 0 unspecified atom stereocenters. The van der Waals surface area contributed by atoms with Crippen LogP contribution in [0.4, 0.5) is 17.1 Å². The van der Waals surface area contributed by atoms with Gasteiger partial charge in [-0.05, 0) is 186 Å². The van der Waals surface area contributed by atoms with Crippen molar-refractivity contribution in [2.24, 2.45) is 0 Å². The van der Waals surface area contributed by atoms with Crippen molar-refractivity contribution in [2.75, 3.05) is 4.90 Å². The van der Waals surface area contributed by atoms with Crippen LogP contribution in [0.3, 0.4) is 0 Å². The van der Waals surface area contributed by atoms with Crippen molar-refractivity contribution >= 4 is 60.5 Å². The lowest BCUT2D eigenvalue weighted by molar-refractivity contribution is 0.443. The maximum Gasteiger partial charge on any atom is 0.137 e. The van der Waals surface area contributed by atoms with Crippen LogP contribution in [0.1, 0.15) is 109 Å². The first kappa shape index (κ1) is 44.8. The Labute approximate surface area is 451 Å². The van der Waals surface area contributed by atoms with Crippen LogP contribution in [0.25, 0.3) is 88.0 Å². The molecule has 12 aromatic rings. The van der Waals surface area contributed by atoms with Crippen LogP contribution in [0, 0.1) is 0 Å². The summed E-state index contributed by atoms with van der Waals surface area (Å²) in [6, 6.07) is 85.7. The summed E-state index contributed by atoms with van der Waals surface area (Å²) in [6.07, 6.45) is 13.1. The van der Waals surface area contributed by atoms with Gasteiger partial charge in [0.25, 0.3) is 0 Å². The highest BCUT2D eigenvalue weighted by Gasteiger charge is 2.53. The van der Waals surface area contributed by atoms with Gasteiger partial charge in [0.05, 0.1) is 22.2 Å². The van der Waals surface area contributed by atoms with Crippen LogP contribution in [0.15, 0.2) is 229 Å². The van der Waals surface area contributed by atoms with Gasteiger partial charge in [-0.3, -0.25) is 0 Å². The summed E-state index contributed by atoms with van der Waals surface area (Å²) in [5.41, 5.74) is 23.7. The smallest absolute Gasteiger partial charge is 0.137 e. The molecule has 1 spiro atoms. The Morgan fingerprint density at radius 2 is 0.870 bits per heavy atom. The Hall–Kier alpha value is -8.46. The van der Waals surface area contributed by atoms with Gasteiger partial charge in [0, 0.05) is 16.6 Å². The van der Waals surface area contributed by atoms with Crippen LogP contribution < -0.4 is 4.90 Å². The fourth-order valence-corrected chi connectivity index (χ4v) is 14.9. The second kappa shape index (κ2) is 17.8. The summed E-state index contributed by atoms with van der Waals surface area (Å²) in [5.74, 6) is 1.20. The molecular formula is C75H59NO. The second-order valence-corrected chi connectivity index (χ2v) is 22.7. The number of rotatable bonds is 7. The molecule has 0 saturated heterocycles. The largest absolute Gasteiger partial charge is 0.456 e. The second-order valence-electron chi connectivity index (χ2n) is 22.7. The van der Waals surface area contributed by atoms with Gasteiger partial charge < -0.3 is 9.32 Å². The maximum atomic E-state index is 6.68. The lowest BCUT2D eigenvalue weighted by atomic mass is 9.69. The molecular weight excluding hydrogens is 931 g/mol. The summed E-state index contributed by atoms with van der Waals surface area (Å²) in [7, 11) is 0. The summed E-state index contributed by atoms with van der Waals surface area (Å²) in [5, 5.41) is 7.24. The molecule has 4 aliphatic carbocycles. The van der Waals surface area contributed by atoms with Gasteiger partial charge in [-0.15, -0.1) is 0 Å². The van der Waals surface area contributed by atoms with Crippen molar-refractivity contribution in [3.05, 3.63) is 258 Å². The highest BCUT2D eigenvalue weighted by molar-refractivity contribution is 6.14. The first-order valence-corrected chi connectivity index (χ1v) is 28.5. The van der Waals surface area contributed by atoms with Gasteiger partial charge in [-0.25, -0.2) is 0 Å². The third-order valence-electron chi connectivity index (χ3n) is 18.6. The lowest BCUT2D eigenvalue weighted by Crippen LogP contribution is -2.26. The van der Waals surface area contributed by atoms with Crippen molar-refractivity contribution in [1.82, 2.24) is 0 Å². The number of anilines is 3. The standard InChI is InChI=1S/C75H59NO/c1-3-15-48(16-4-1)58-37-41-61-62-42-38-59(49-17-5-2-6-18-49)47-68(62)75(67(61)46-58)65-23-11-9-21-63(65)73-66(75)24-13-25-69(73)76(70-26-14-28-72-74(70)64-22-10-12-27-71(64)77-72)60-39-35-51(36-40-60)53-31-32-56-45-57(34-33-55(56)44-53)54-30-29-50-19-7-8-20-52(50)43-54/h7-14,19-49H,1-6,15-18H2. The number of hydrogen-bond donors (Lipinski definition) is 0. The lowest BCUT2D eigenvalue weighted by Gasteiger charge is -2.33. The summed E-state index contributed by atoms with van der Waals surface area (Å²) in [6.45, 7) is 0. The van der Waals surface area contributed by atoms with Gasteiger partial charge in [0.15, 0.2) is 0 Å². The molecule has 2 nitrogen and oxygen atoms in total. The normalized spacial score (nSPS) is 15.8. The minimum Gasteiger partial charge on any atom is -0.456 e. The first-order valence-electron chi connectivity index (χ1n) is 28.5. The van der Waals surface area contributed by atoms with Gasteiger partial charge in [0.1, 0.15) is 11.2 Å². The third kappa shape index (κ3) is 7.00. The van der Waals surface area contributed by atoms with Crippen molar-refractivity contribution in [3.8, 4) is 44.5 Å². The molecule has 16 rings (SSSR count). The Balaban J connectivity index is 0.878. The fraction of sp³-hybridized carbons (Fsp3) is 0.173. The zero-order valence-corrected chi connectivity index (χ0v) is 43.4. The molecule has 2 saturated carbocycles. The molecule has 1 aromatic heterocycles. The molecule has 0 aliphatic heterocycles. The Bertz CT molecular complexity index is 4250. The van der Waals surface area contributed by atoms with Crippen LogP contribution in [0.2, 0.25) is 0 Å². The number of para-hydroxylation sites is 1. The molecule has 11 aromatic carbocycles. The Kier molecular flexibility index (Phi) is 10.4. The van der Waals surface area contributed by atoms with E-state index in [1.165, 1.54) is 169 Å². The van der Waals surface area contributed by atoms with E-state index in [4.69, 9.17) is 4.42 Å². The highest BCUT2D eigenvalue weighted by atomic mass is 16.3. The minimum atomic E-state index is -0.474. The molecule has 0 atom stereocenters. The van der Waals surface area contributed by atoms with E-state index in [2.05, 4.69) is 229 Å². The third-order valence-corrected chi connectivity index (χ3v) is 18.6. The molecule has 1 heterocycles. The zero-order chi connectivity index (χ0) is 50.6. The monoisotopic (exact) mass is 989 g/mol. The van der Waals surface area contributed by atoms with Crippen LogP contribution in [0.5, 0.6) is 0 Å². The minimum absolute atomic E-state index is 0.474. The molecule has 370 valence electrons. The fourth-order valence-electron chi connectivity index (χ4n) is 14.9. The number of furan rings is 1. The number of nitrogens with zero attached hydrogens (tertiary/aromatic N) is 1. The van der Waals surface area contributed by atoms with Crippen LogP contribution >= 0.6 is 0 Å². The molecule has 2 heteroatoms. The summed E-state index contributed by atoms with van der Waals surface area (Å²) >= 11 is 0. The molecule has 4 aliphatic rings. The molecule has 2 fully saturated rings. The number of hydrogen-bond acceptors (Lipinski definition) is 2. The van der Waals surface area contributed by atoms with Crippen molar-refractivity contribution in [2.45, 2.75) is 81.5 Å². The average molecular weight is 990 g/mol. The van der Waals surface area contributed by atoms with Gasteiger partial charge >= 0.3 is 0 Å². The van der Waals surface area contributed by atoms with E-state index in [1.807, 2.05) is 0 Å². The van der Waals surface area contributed by atoms with E-state index in [1.54, 1.807) is 0 Å². The highest BCUT2D eigenvalue weighted by Crippen LogP contribution is 2.66. The molecule has 0 N–H and O–H groups in total. The summed E-state index contributed by atoms with van der Waals surface area (Å²) < 4.78 is 6.68. The van der Waals surface area contributed by atoms with Crippen molar-refractivity contribution in [1.29, 1.82) is 0 Å². The number of benzene rings is 11. The van der Waals surface area contributed by atoms with E-state index in [-0.39, 0.29) is 0 Å². The van der Waals surface area contributed by atoms with Crippen LogP contribution in [-0.2, 0) is 5.41 Å². The van der Waals surface area contributed by atoms with Gasteiger partial charge in [0.2, 0.25) is 0 Å². The quantitative estimate of drug-likeness (QED) is 0.158. The number of fused-ring (bicyclic) bond motifs is 15. The van der Waals surface area contributed by atoms with E-state index in [0.29, 0.717) is 11.8 Å². The van der Waals surface area contributed by atoms with Crippen molar-refractivity contribution in [3.63, 3.8) is 0 Å². The zero-order valence-electron chi connectivity index (χ0n) is 43.4. The van der Waals surface area contributed by atoms with E-state index in [0.717, 1.165) is 33.3 Å². The predicted octanol–water partition coefficient (Wildman–Crippen LogP) is 21.1. The molecule has 77 heavy (non-hydrogen) atoms. The average Bonchev–Trinajstić information content (AvgIpc) is 4.29. The summed E-state index contributed by atoms with van der Waals surface area (Å²) in [4.78, 5) is 2.55. The predicted molar refractivity (Wildman–Crippen MR) is 322 cm³/mol.